The third-order valence-corrected chi connectivity index (χ3v) is 8.05. The van der Waals surface area contributed by atoms with Crippen molar-refractivity contribution >= 4 is 28.5 Å². The molecule has 1 fully saturated rings. The molecule has 11 heteroatoms. The summed E-state index contributed by atoms with van der Waals surface area (Å²) in [5.74, 6) is 1.68. The minimum atomic E-state index is -0.261. The lowest BCUT2D eigenvalue weighted by molar-refractivity contribution is -0.135. The van der Waals surface area contributed by atoms with E-state index >= 15 is 0 Å². The van der Waals surface area contributed by atoms with Crippen LogP contribution in [0.25, 0.3) is 22.4 Å². The van der Waals surface area contributed by atoms with Gasteiger partial charge >= 0.3 is 0 Å². The lowest BCUT2D eigenvalue weighted by Gasteiger charge is -2.38. The number of aromatic nitrogens is 4. The standard InChI is InChI=1S/C33H33ClN6O4/c1-3-43-29-12-8-7-11-28(29)39-31(36-32-27(33(39)42)21-35-40(32)25-9-5-4-6-10-25)23(2)37-17-19-38(20-18-37)30(41)22-44-26-15-13-24(34)14-16-26/h4-16,21,23H,3,17-20,22H2,1-2H3/t23-/m0/s1. The second-order valence-corrected chi connectivity index (χ2v) is 10.9. The van der Waals surface area contributed by atoms with E-state index in [1.165, 1.54) is 0 Å². The molecule has 0 aliphatic carbocycles. The van der Waals surface area contributed by atoms with Crippen molar-refractivity contribution < 1.29 is 14.3 Å². The highest BCUT2D eigenvalue weighted by Crippen LogP contribution is 2.29. The van der Waals surface area contributed by atoms with Crippen LogP contribution in [0.15, 0.2) is 89.9 Å². The smallest absolute Gasteiger partial charge is 0.269 e. The minimum absolute atomic E-state index is 0.0490. The maximum atomic E-state index is 14.2. The molecule has 6 rings (SSSR count). The number of carbonyl (C=O) groups is 1. The summed E-state index contributed by atoms with van der Waals surface area (Å²) in [7, 11) is 0. The Balaban J connectivity index is 1.30. The summed E-state index contributed by atoms with van der Waals surface area (Å²) in [5, 5.41) is 5.56. The van der Waals surface area contributed by atoms with Crippen molar-refractivity contribution in [2.45, 2.75) is 19.9 Å². The molecule has 1 saturated heterocycles. The third-order valence-electron chi connectivity index (χ3n) is 7.80. The maximum absolute atomic E-state index is 14.2. The summed E-state index contributed by atoms with van der Waals surface area (Å²) in [5.41, 5.74) is 1.70. The van der Waals surface area contributed by atoms with Crippen molar-refractivity contribution in [2.24, 2.45) is 0 Å². The van der Waals surface area contributed by atoms with Gasteiger partial charge in [0, 0.05) is 31.2 Å². The van der Waals surface area contributed by atoms with Crippen LogP contribution in [-0.2, 0) is 4.79 Å². The molecule has 0 unspecified atom stereocenters. The molecular weight excluding hydrogens is 580 g/mol. The van der Waals surface area contributed by atoms with Gasteiger partial charge in [-0.1, -0.05) is 41.9 Å². The van der Waals surface area contributed by atoms with Crippen molar-refractivity contribution in [1.29, 1.82) is 0 Å². The fourth-order valence-corrected chi connectivity index (χ4v) is 5.59. The van der Waals surface area contributed by atoms with Gasteiger partial charge < -0.3 is 14.4 Å². The predicted octanol–water partition coefficient (Wildman–Crippen LogP) is 4.91. The number of halogens is 1. The van der Waals surface area contributed by atoms with Crippen LogP contribution in [0.5, 0.6) is 11.5 Å². The SMILES string of the molecule is CCOc1ccccc1-n1c([C@H](C)N2CCN(C(=O)COc3ccc(Cl)cc3)CC2)nc2c(cnn2-c2ccccc2)c1=O. The molecule has 1 amide bonds. The number of carbonyl (C=O) groups excluding carboxylic acids is 1. The van der Waals surface area contributed by atoms with Gasteiger partial charge in [0.05, 0.1) is 30.2 Å². The molecule has 1 aliphatic rings. The van der Waals surface area contributed by atoms with Crippen LogP contribution in [0.4, 0.5) is 0 Å². The van der Waals surface area contributed by atoms with Crippen molar-refractivity contribution in [3.63, 3.8) is 0 Å². The van der Waals surface area contributed by atoms with Crippen LogP contribution in [0, 0.1) is 0 Å². The molecule has 0 radical (unpaired) electrons. The zero-order valence-electron chi connectivity index (χ0n) is 24.6. The van der Waals surface area contributed by atoms with Gasteiger partial charge in [0.25, 0.3) is 11.5 Å². The first-order chi connectivity index (χ1) is 21.4. The third kappa shape index (κ3) is 5.91. The summed E-state index contributed by atoms with van der Waals surface area (Å²) in [6.07, 6.45) is 1.57. The quantitative estimate of drug-likeness (QED) is 0.233. The lowest BCUT2D eigenvalue weighted by Crippen LogP contribution is -2.51. The van der Waals surface area contributed by atoms with E-state index in [0.29, 0.717) is 71.9 Å². The second-order valence-electron chi connectivity index (χ2n) is 10.5. The van der Waals surface area contributed by atoms with Gasteiger partial charge in [-0.05, 0) is 62.4 Å². The van der Waals surface area contributed by atoms with Gasteiger partial charge in [0.2, 0.25) is 0 Å². The Labute approximate surface area is 260 Å². The van der Waals surface area contributed by atoms with Crippen molar-refractivity contribution in [2.75, 3.05) is 39.4 Å². The number of ether oxygens (including phenoxy) is 2. The summed E-state index contributed by atoms with van der Waals surface area (Å²) in [4.78, 5) is 36.3. The summed E-state index contributed by atoms with van der Waals surface area (Å²) in [6, 6.07) is 23.8. The monoisotopic (exact) mass is 612 g/mol. The van der Waals surface area contributed by atoms with Crippen LogP contribution in [-0.4, -0.2) is 74.4 Å². The first kappa shape index (κ1) is 29.4. The van der Waals surface area contributed by atoms with E-state index in [1.54, 1.807) is 44.6 Å². The average molecular weight is 613 g/mol. The minimum Gasteiger partial charge on any atom is -0.492 e. The number of amides is 1. The number of hydrogen-bond donors (Lipinski definition) is 0. The Hall–Kier alpha value is -4.67. The Morgan fingerprint density at radius 3 is 2.36 bits per heavy atom. The number of nitrogens with zero attached hydrogens (tertiary/aromatic N) is 6. The summed E-state index contributed by atoms with van der Waals surface area (Å²) < 4.78 is 15.0. The molecule has 2 aromatic heterocycles. The molecule has 0 bridgehead atoms. The molecule has 0 N–H and O–H groups in total. The van der Waals surface area contributed by atoms with Gasteiger partial charge in [-0.25, -0.2) is 9.67 Å². The van der Waals surface area contributed by atoms with E-state index < -0.39 is 0 Å². The highest BCUT2D eigenvalue weighted by atomic mass is 35.5. The predicted molar refractivity (Wildman–Crippen MR) is 169 cm³/mol. The van der Waals surface area contributed by atoms with Gasteiger partial charge in [0.15, 0.2) is 12.3 Å². The van der Waals surface area contributed by atoms with E-state index in [0.717, 1.165) is 5.69 Å². The zero-order valence-corrected chi connectivity index (χ0v) is 25.4. The van der Waals surface area contributed by atoms with E-state index in [-0.39, 0.29) is 24.1 Å². The number of fused-ring (bicyclic) bond motifs is 1. The molecule has 5 aromatic rings. The maximum Gasteiger partial charge on any atom is 0.269 e. The first-order valence-corrected chi connectivity index (χ1v) is 15.0. The van der Waals surface area contributed by atoms with E-state index in [9.17, 15) is 9.59 Å². The second kappa shape index (κ2) is 12.9. The van der Waals surface area contributed by atoms with Gasteiger partial charge in [0.1, 0.15) is 22.7 Å². The Bertz CT molecular complexity index is 1810. The Morgan fingerprint density at radius 2 is 1.64 bits per heavy atom. The first-order valence-electron chi connectivity index (χ1n) is 14.6. The molecular formula is C33H33ClN6O4. The van der Waals surface area contributed by atoms with E-state index in [1.807, 2.05) is 68.4 Å². The fourth-order valence-electron chi connectivity index (χ4n) is 5.46. The normalized spacial score (nSPS) is 14.5. The van der Waals surface area contributed by atoms with Crippen LogP contribution < -0.4 is 15.0 Å². The summed E-state index contributed by atoms with van der Waals surface area (Å²) >= 11 is 5.94. The molecule has 10 nitrogen and oxygen atoms in total. The average Bonchev–Trinajstić information content (AvgIpc) is 3.49. The largest absolute Gasteiger partial charge is 0.492 e. The van der Waals surface area contributed by atoms with Crippen molar-refractivity contribution in [3.8, 4) is 22.9 Å². The Kier molecular flexibility index (Phi) is 8.63. The molecule has 1 aliphatic heterocycles. The number of rotatable bonds is 9. The molecule has 44 heavy (non-hydrogen) atoms. The lowest BCUT2D eigenvalue weighted by atomic mass is 10.2. The number of benzene rings is 3. The van der Waals surface area contributed by atoms with Gasteiger partial charge in [-0.2, -0.15) is 5.10 Å². The fraction of sp³-hybridized carbons (Fsp3) is 0.273. The topological polar surface area (TPSA) is 94.7 Å². The van der Waals surface area contributed by atoms with Gasteiger partial charge in [-0.3, -0.25) is 19.1 Å². The van der Waals surface area contributed by atoms with Crippen LogP contribution >= 0.6 is 11.6 Å². The van der Waals surface area contributed by atoms with Gasteiger partial charge in [-0.15, -0.1) is 0 Å². The molecule has 226 valence electrons. The summed E-state index contributed by atoms with van der Waals surface area (Å²) in [6.45, 7) is 6.62. The van der Waals surface area contributed by atoms with Crippen LogP contribution in [0.3, 0.4) is 0 Å². The van der Waals surface area contributed by atoms with Crippen LogP contribution in [0.1, 0.15) is 25.7 Å². The zero-order chi connectivity index (χ0) is 30.6. The molecule has 1 atom stereocenters. The molecule has 3 aromatic carbocycles. The van der Waals surface area contributed by atoms with Crippen molar-refractivity contribution in [1.82, 2.24) is 29.1 Å². The highest BCUT2D eigenvalue weighted by molar-refractivity contribution is 6.30. The highest BCUT2D eigenvalue weighted by Gasteiger charge is 2.30. The van der Waals surface area contributed by atoms with Crippen LogP contribution in [0.2, 0.25) is 5.02 Å². The van der Waals surface area contributed by atoms with E-state index in [2.05, 4.69) is 10.00 Å². The van der Waals surface area contributed by atoms with E-state index in [4.69, 9.17) is 26.1 Å². The van der Waals surface area contributed by atoms with Crippen molar-refractivity contribution in [3.05, 3.63) is 106 Å². The number of para-hydroxylation sites is 3. The number of hydrogen-bond acceptors (Lipinski definition) is 7. The Morgan fingerprint density at radius 1 is 0.932 bits per heavy atom. The molecule has 3 heterocycles. The molecule has 0 saturated carbocycles. The molecule has 0 spiro atoms. The number of piperazine rings is 1.